The molecule has 1 heterocycles. The summed E-state index contributed by atoms with van der Waals surface area (Å²) in [5, 5.41) is 0. The van der Waals surface area contributed by atoms with E-state index in [4.69, 9.17) is 4.74 Å². The number of ether oxygens (including phenoxy) is 1. The van der Waals surface area contributed by atoms with Crippen molar-refractivity contribution in [3.8, 4) is 11.5 Å². The molecule has 0 radical (unpaired) electrons. The van der Waals surface area contributed by atoms with Gasteiger partial charge in [-0.05, 0) is 18.2 Å². The maximum Gasteiger partial charge on any atom is 0.240 e. The first-order valence-electron chi connectivity index (χ1n) is 5.79. The van der Waals surface area contributed by atoms with Crippen LogP contribution in [0.2, 0.25) is 0 Å². The van der Waals surface area contributed by atoms with E-state index in [9.17, 15) is 4.79 Å². The highest BCUT2D eigenvalue weighted by molar-refractivity contribution is 5.65. The zero-order chi connectivity index (χ0) is 12.5. The van der Waals surface area contributed by atoms with E-state index < -0.39 is 0 Å². The first-order chi connectivity index (χ1) is 8.81. The monoisotopic (exact) mass is 237 g/mol. The van der Waals surface area contributed by atoms with Crippen molar-refractivity contribution in [2.24, 2.45) is 4.99 Å². The molecule has 88 valence electrons. The first-order valence-corrected chi connectivity index (χ1v) is 5.79. The average molecular weight is 237 g/mol. The first kappa shape index (κ1) is 10.8. The summed E-state index contributed by atoms with van der Waals surface area (Å²) in [6, 6.07) is 13.4. The molecule has 1 aliphatic rings. The lowest BCUT2D eigenvalue weighted by Gasteiger charge is -2.26. The van der Waals surface area contributed by atoms with Crippen molar-refractivity contribution in [2.75, 3.05) is 0 Å². The Labute approximate surface area is 105 Å². The number of rotatable bonds is 1. The Morgan fingerprint density at radius 3 is 2.72 bits per heavy atom. The fourth-order valence-electron chi connectivity index (χ4n) is 2.41. The summed E-state index contributed by atoms with van der Waals surface area (Å²) in [6.45, 7) is 2.09. The molecule has 1 aliphatic heterocycles. The molecule has 1 unspecified atom stereocenters. The largest absolute Gasteiger partial charge is 0.457 e. The summed E-state index contributed by atoms with van der Waals surface area (Å²) in [4.78, 5) is 14.2. The number of isocyanates is 1. The Morgan fingerprint density at radius 1 is 1.11 bits per heavy atom. The molecule has 2 aromatic rings. The Morgan fingerprint density at radius 2 is 1.89 bits per heavy atom. The fraction of sp³-hybridized carbons (Fsp3) is 0.133. The smallest absolute Gasteiger partial charge is 0.240 e. The van der Waals surface area contributed by atoms with Crippen molar-refractivity contribution in [2.45, 2.75) is 12.8 Å². The molecule has 0 N–H and O–H groups in total. The van der Waals surface area contributed by atoms with Crippen molar-refractivity contribution >= 4 is 11.8 Å². The van der Waals surface area contributed by atoms with Gasteiger partial charge in [-0.3, -0.25) is 0 Å². The molecule has 0 saturated heterocycles. The molecule has 0 saturated carbocycles. The van der Waals surface area contributed by atoms with Crippen molar-refractivity contribution in [3.05, 3.63) is 53.6 Å². The lowest BCUT2D eigenvalue weighted by atomic mass is 9.88. The van der Waals surface area contributed by atoms with E-state index in [-0.39, 0.29) is 5.92 Å². The van der Waals surface area contributed by atoms with E-state index in [1.807, 2.05) is 36.4 Å². The summed E-state index contributed by atoms with van der Waals surface area (Å²) >= 11 is 0. The molecule has 0 aliphatic carbocycles. The number of fused-ring (bicyclic) bond motifs is 2. The molecular weight excluding hydrogens is 226 g/mol. The summed E-state index contributed by atoms with van der Waals surface area (Å²) in [5.41, 5.74) is 2.68. The Balaban J connectivity index is 2.22. The topological polar surface area (TPSA) is 38.7 Å². The van der Waals surface area contributed by atoms with E-state index in [1.54, 1.807) is 12.1 Å². The van der Waals surface area contributed by atoms with E-state index >= 15 is 0 Å². The Kier molecular flexibility index (Phi) is 2.47. The van der Waals surface area contributed by atoms with Gasteiger partial charge in [0.15, 0.2) is 0 Å². The highest BCUT2D eigenvalue weighted by Gasteiger charge is 2.25. The zero-order valence-corrected chi connectivity index (χ0v) is 9.88. The maximum absolute atomic E-state index is 10.5. The van der Waals surface area contributed by atoms with Crippen LogP contribution in [-0.4, -0.2) is 6.08 Å². The summed E-state index contributed by atoms with van der Waals surface area (Å²) < 4.78 is 5.85. The highest BCUT2D eigenvalue weighted by atomic mass is 16.5. The minimum absolute atomic E-state index is 0.151. The van der Waals surface area contributed by atoms with Crippen LogP contribution >= 0.6 is 0 Å². The highest BCUT2D eigenvalue weighted by Crippen LogP contribution is 2.47. The van der Waals surface area contributed by atoms with Gasteiger partial charge >= 0.3 is 0 Å². The van der Waals surface area contributed by atoms with Crippen LogP contribution in [0.5, 0.6) is 11.5 Å². The second kappa shape index (κ2) is 4.13. The number of nitrogens with zero attached hydrogens (tertiary/aromatic N) is 1. The SMILES string of the molecule is CC1c2ccccc2Oc2cccc(N=C=O)c21. The number of carbonyl (C=O) groups excluding carboxylic acids is 1. The predicted octanol–water partition coefficient (Wildman–Crippen LogP) is 3.91. The van der Waals surface area contributed by atoms with Gasteiger partial charge < -0.3 is 4.74 Å². The number of benzene rings is 2. The Hall–Kier alpha value is -2.38. The maximum atomic E-state index is 10.5. The number of hydrogen-bond acceptors (Lipinski definition) is 3. The van der Waals surface area contributed by atoms with Crippen LogP contribution in [0.15, 0.2) is 47.5 Å². The van der Waals surface area contributed by atoms with Crippen LogP contribution in [-0.2, 0) is 4.79 Å². The molecule has 3 heteroatoms. The van der Waals surface area contributed by atoms with Gasteiger partial charge in [0.05, 0.1) is 5.69 Å². The normalized spacial score (nSPS) is 15.9. The van der Waals surface area contributed by atoms with Gasteiger partial charge in [0.25, 0.3) is 0 Å². The molecule has 0 bridgehead atoms. The lowest BCUT2D eigenvalue weighted by Crippen LogP contribution is -2.07. The van der Waals surface area contributed by atoms with Crippen LogP contribution in [0.3, 0.4) is 0 Å². The van der Waals surface area contributed by atoms with Crippen LogP contribution in [0.1, 0.15) is 24.0 Å². The number of hydrogen-bond donors (Lipinski definition) is 0. The average Bonchev–Trinajstić information content (AvgIpc) is 2.39. The standard InChI is InChI=1S/C15H11NO2/c1-10-11-5-2-3-7-13(11)18-14-8-4-6-12(15(10)14)16-9-17/h2-8,10H,1H3. The van der Waals surface area contributed by atoms with Gasteiger partial charge in [-0.25, -0.2) is 4.79 Å². The second-order valence-corrected chi connectivity index (χ2v) is 4.25. The molecule has 0 amide bonds. The number of para-hydroxylation sites is 1. The molecule has 2 aromatic carbocycles. The van der Waals surface area contributed by atoms with Crippen molar-refractivity contribution in [1.82, 2.24) is 0 Å². The molecule has 0 fully saturated rings. The summed E-state index contributed by atoms with van der Waals surface area (Å²) in [5.74, 6) is 1.78. The van der Waals surface area contributed by atoms with Crippen LogP contribution < -0.4 is 4.74 Å². The zero-order valence-electron chi connectivity index (χ0n) is 9.88. The van der Waals surface area contributed by atoms with Crippen LogP contribution in [0, 0.1) is 0 Å². The number of aliphatic imine (C=N–C) groups is 1. The van der Waals surface area contributed by atoms with Crippen molar-refractivity contribution < 1.29 is 9.53 Å². The van der Waals surface area contributed by atoms with Crippen LogP contribution in [0.4, 0.5) is 5.69 Å². The van der Waals surface area contributed by atoms with Gasteiger partial charge in [-0.2, -0.15) is 4.99 Å². The van der Waals surface area contributed by atoms with E-state index in [0.717, 1.165) is 22.6 Å². The lowest BCUT2D eigenvalue weighted by molar-refractivity contribution is 0.450. The van der Waals surface area contributed by atoms with E-state index in [0.29, 0.717) is 5.69 Å². The molecule has 3 nitrogen and oxygen atoms in total. The predicted molar refractivity (Wildman–Crippen MR) is 68.3 cm³/mol. The summed E-state index contributed by atoms with van der Waals surface area (Å²) in [6.07, 6.45) is 1.60. The van der Waals surface area contributed by atoms with Gasteiger partial charge in [0, 0.05) is 17.0 Å². The quantitative estimate of drug-likeness (QED) is 0.557. The molecule has 0 aromatic heterocycles. The van der Waals surface area contributed by atoms with Crippen LogP contribution in [0.25, 0.3) is 0 Å². The minimum Gasteiger partial charge on any atom is -0.457 e. The molecule has 0 spiro atoms. The van der Waals surface area contributed by atoms with Gasteiger partial charge in [0.2, 0.25) is 6.08 Å². The molecule has 18 heavy (non-hydrogen) atoms. The van der Waals surface area contributed by atoms with E-state index in [1.165, 1.54) is 0 Å². The third kappa shape index (κ3) is 1.53. The van der Waals surface area contributed by atoms with Crippen molar-refractivity contribution in [3.63, 3.8) is 0 Å². The Bertz CT molecular complexity index is 657. The third-order valence-corrected chi connectivity index (χ3v) is 3.25. The van der Waals surface area contributed by atoms with Gasteiger partial charge in [-0.15, -0.1) is 0 Å². The van der Waals surface area contributed by atoms with Gasteiger partial charge in [0.1, 0.15) is 11.5 Å². The molecule has 1 atom stereocenters. The van der Waals surface area contributed by atoms with Gasteiger partial charge in [-0.1, -0.05) is 31.2 Å². The third-order valence-electron chi connectivity index (χ3n) is 3.25. The van der Waals surface area contributed by atoms with Crippen molar-refractivity contribution in [1.29, 1.82) is 0 Å². The summed E-state index contributed by atoms with van der Waals surface area (Å²) in [7, 11) is 0. The van der Waals surface area contributed by atoms with E-state index in [2.05, 4.69) is 11.9 Å². The minimum atomic E-state index is 0.151. The fourth-order valence-corrected chi connectivity index (χ4v) is 2.41. The molecular formula is C15H11NO2. The molecule has 3 rings (SSSR count). The second-order valence-electron chi connectivity index (χ2n) is 4.25.